The van der Waals surface area contributed by atoms with E-state index < -0.39 is 28.7 Å². The Labute approximate surface area is 176 Å². The highest BCUT2D eigenvalue weighted by Crippen LogP contribution is 2.68. The van der Waals surface area contributed by atoms with Crippen molar-refractivity contribution in [3.8, 4) is 5.75 Å². The van der Waals surface area contributed by atoms with E-state index in [-0.39, 0.29) is 45.2 Å². The van der Waals surface area contributed by atoms with Crippen LogP contribution in [0.2, 0.25) is 0 Å². The Morgan fingerprint density at radius 3 is 2.83 bits per heavy atom. The van der Waals surface area contributed by atoms with E-state index in [1.165, 1.54) is 30.0 Å². The quantitative estimate of drug-likeness (QED) is 0.310. The number of carbonyl (C=O) groups is 2. The Morgan fingerprint density at radius 2 is 2.10 bits per heavy atom. The van der Waals surface area contributed by atoms with E-state index in [0.29, 0.717) is 17.0 Å². The normalized spacial score (nSPS) is 35.1. The van der Waals surface area contributed by atoms with Gasteiger partial charge in [0, 0.05) is 33.7 Å². The highest BCUT2D eigenvalue weighted by molar-refractivity contribution is 8.00. The number of fused-ring (bicyclic) bond motifs is 6. The molecule has 2 N–H and O–H groups in total. The molecule has 2 aliphatic carbocycles. The number of H-pyrrole nitrogens is 1. The zero-order valence-corrected chi connectivity index (χ0v) is 16.8. The summed E-state index contributed by atoms with van der Waals surface area (Å²) in [6.07, 6.45) is 0.596. The molecule has 0 amide bonds. The molecule has 4 aliphatic rings. The average Bonchev–Trinajstić information content (AvgIpc) is 3.35. The molecular weight excluding hydrogens is 432 g/mol. The fourth-order valence-corrected chi connectivity index (χ4v) is 8.98. The van der Waals surface area contributed by atoms with E-state index in [1.54, 1.807) is 0 Å². The number of hydrogen-bond acceptors (Lipinski definition) is 8. The lowest BCUT2D eigenvalue weighted by atomic mass is 9.66. The van der Waals surface area contributed by atoms with Gasteiger partial charge in [0.2, 0.25) is 0 Å². The molecule has 0 spiro atoms. The van der Waals surface area contributed by atoms with Gasteiger partial charge in [-0.3, -0.25) is 24.5 Å². The second kappa shape index (κ2) is 5.94. The number of nitrogens with zero attached hydrogens (tertiary/aromatic N) is 1. The summed E-state index contributed by atoms with van der Waals surface area (Å²) in [4.78, 5) is 51.5. The summed E-state index contributed by atoms with van der Waals surface area (Å²) in [5.41, 5.74) is 0.398. The van der Waals surface area contributed by atoms with Crippen molar-refractivity contribution < 1.29 is 24.4 Å². The van der Waals surface area contributed by atoms with Crippen LogP contribution in [-0.2, 0) is 9.59 Å². The molecule has 0 radical (unpaired) electrons. The molecule has 0 unspecified atom stereocenters. The molecule has 7 atom stereocenters. The number of carboxylic acid groups (broad SMARTS) is 1. The summed E-state index contributed by atoms with van der Waals surface area (Å²) in [5, 5.41) is 21.9. The van der Waals surface area contributed by atoms with Gasteiger partial charge in [-0.2, -0.15) is 0 Å². The van der Waals surface area contributed by atoms with Crippen molar-refractivity contribution in [1.29, 1.82) is 0 Å². The van der Waals surface area contributed by atoms with Gasteiger partial charge in [0.05, 0.1) is 21.8 Å². The number of nitro benzene ring substituents is 1. The molecule has 9 nitrogen and oxygen atoms in total. The summed E-state index contributed by atoms with van der Waals surface area (Å²) in [5.74, 6) is -3.84. The van der Waals surface area contributed by atoms with Gasteiger partial charge in [-0.25, -0.2) is 0 Å². The maximum absolute atomic E-state index is 13.0. The molecule has 154 valence electrons. The Kier molecular flexibility index (Phi) is 3.59. The van der Waals surface area contributed by atoms with Crippen LogP contribution in [0.25, 0.3) is 0 Å². The van der Waals surface area contributed by atoms with Gasteiger partial charge in [-0.05, 0) is 30.2 Å². The van der Waals surface area contributed by atoms with Crippen molar-refractivity contribution in [2.75, 3.05) is 0 Å². The molecule has 30 heavy (non-hydrogen) atoms. The van der Waals surface area contributed by atoms with Gasteiger partial charge in [-0.1, -0.05) is 11.3 Å². The largest absolute Gasteiger partial charge is 0.481 e. The van der Waals surface area contributed by atoms with Crippen molar-refractivity contribution in [3.05, 3.63) is 48.4 Å². The molecule has 3 heterocycles. The van der Waals surface area contributed by atoms with Gasteiger partial charge in [-0.15, -0.1) is 11.8 Å². The summed E-state index contributed by atoms with van der Waals surface area (Å²) in [6, 6.07) is 4.10. The van der Waals surface area contributed by atoms with Crippen LogP contribution in [0, 0.1) is 39.7 Å². The fraction of sp³-hybridized carbons (Fsp3) is 0.421. The number of thiazole rings is 1. The van der Waals surface area contributed by atoms with Crippen LogP contribution in [0.3, 0.4) is 0 Å². The SMILES string of the molecule is O=C(O)[C@@H]1[C@H]2C[C@H]3[C@@H]1C(=O)Oc1ccc([N+](=O)[O-])cc1[C@@H]1c4sc(=O)[nH]c4S[C@@H]2[C@H]13. The molecule has 2 aliphatic heterocycles. The van der Waals surface area contributed by atoms with E-state index in [2.05, 4.69) is 4.98 Å². The van der Waals surface area contributed by atoms with E-state index in [0.717, 1.165) is 16.2 Å². The van der Waals surface area contributed by atoms with E-state index >= 15 is 0 Å². The first-order valence-corrected chi connectivity index (χ1v) is 11.2. The predicted molar refractivity (Wildman–Crippen MR) is 105 cm³/mol. The lowest BCUT2D eigenvalue weighted by Crippen LogP contribution is -2.49. The molecule has 6 rings (SSSR count). The Morgan fingerprint density at radius 1 is 1.30 bits per heavy atom. The number of nitrogens with one attached hydrogen (secondary N) is 1. The maximum Gasteiger partial charge on any atom is 0.315 e. The number of hydrogen-bond donors (Lipinski definition) is 2. The zero-order valence-electron chi connectivity index (χ0n) is 15.1. The number of benzene rings is 1. The van der Waals surface area contributed by atoms with Gasteiger partial charge in [0.1, 0.15) is 5.75 Å². The van der Waals surface area contributed by atoms with Crippen LogP contribution in [0.4, 0.5) is 5.69 Å². The second-order valence-electron chi connectivity index (χ2n) is 8.20. The molecule has 0 saturated heterocycles. The number of aliphatic carboxylic acids is 1. The molecule has 2 saturated carbocycles. The van der Waals surface area contributed by atoms with Crippen LogP contribution in [-0.4, -0.2) is 32.2 Å². The lowest BCUT2D eigenvalue weighted by Gasteiger charge is -2.45. The molecule has 1 aromatic heterocycles. The first-order valence-electron chi connectivity index (χ1n) is 9.47. The van der Waals surface area contributed by atoms with Crippen molar-refractivity contribution in [3.63, 3.8) is 0 Å². The van der Waals surface area contributed by atoms with Gasteiger partial charge in [0.25, 0.3) is 5.69 Å². The highest BCUT2D eigenvalue weighted by Gasteiger charge is 2.67. The number of non-ortho nitro benzene ring substituents is 1. The maximum atomic E-state index is 13.0. The summed E-state index contributed by atoms with van der Waals surface area (Å²) in [7, 11) is 0. The molecule has 1 aromatic carbocycles. The molecule has 11 heteroatoms. The Hall–Kier alpha value is -2.66. The van der Waals surface area contributed by atoms with Crippen molar-refractivity contribution in [2.24, 2.45) is 29.6 Å². The van der Waals surface area contributed by atoms with Crippen molar-refractivity contribution >= 4 is 40.7 Å². The standard InChI is InChI=1S/C19H14N2O7S2/c22-17(23)12-8-4-7-11-10(15-16(29-14(8)11)20-19(25)30-15)6-3-5(21(26)27)1-2-9(6)28-18(24)13(7)12/h1-3,7-8,10-14H,4H2,(H,20,25)(H,22,23)/t7-,8-,10+,11+,12-,13+,14+/m1/s1. The Balaban J connectivity index is 1.63. The third-order valence-corrected chi connectivity index (χ3v) is 9.61. The fourth-order valence-electron chi connectivity index (χ4n) is 6.10. The molecule has 2 bridgehead atoms. The number of nitro groups is 1. The number of aromatic nitrogens is 1. The van der Waals surface area contributed by atoms with Crippen LogP contribution in [0.5, 0.6) is 5.75 Å². The van der Waals surface area contributed by atoms with Crippen LogP contribution in [0.1, 0.15) is 22.8 Å². The van der Waals surface area contributed by atoms with E-state index in [1.807, 2.05) is 0 Å². The molecule has 2 fully saturated rings. The number of aromatic amines is 1. The number of ether oxygens (including phenoxy) is 1. The average molecular weight is 446 g/mol. The number of carbonyl (C=O) groups excluding carboxylic acids is 1. The number of thioether (sulfide) groups is 1. The third-order valence-electron chi connectivity index (χ3n) is 7.02. The predicted octanol–water partition coefficient (Wildman–Crippen LogP) is 2.45. The first kappa shape index (κ1) is 18.1. The van der Waals surface area contributed by atoms with E-state index in [4.69, 9.17) is 4.74 Å². The topological polar surface area (TPSA) is 140 Å². The number of rotatable bonds is 2. The van der Waals surface area contributed by atoms with Gasteiger partial charge < -0.3 is 14.8 Å². The summed E-state index contributed by atoms with van der Waals surface area (Å²) in [6.45, 7) is 0. The van der Waals surface area contributed by atoms with Crippen molar-refractivity contribution in [2.45, 2.75) is 22.6 Å². The van der Waals surface area contributed by atoms with Gasteiger partial charge in [0.15, 0.2) is 0 Å². The minimum atomic E-state index is -1.01. The monoisotopic (exact) mass is 446 g/mol. The van der Waals surface area contributed by atoms with E-state index in [9.17, 15) is 29.6 Å². The van der Waals surface area contributed by atoms with Crippen LogP contribution >= 0.6 is 23.1 Å². The number of esters is 1. The van der Waals surface area contributed by atoms with Gasteiger partial charge >= 0.3 is 16.8 Å². The van der Waals surface area contributed by atoms with Crippen molar-refractivity contribution in [1.82, 2.24) is 4.98 Å². The summed E-state index contributed by atoms with van der Waals surface area (Å²) >= 11 is 2.55. The molecule has 2 aromatic rings. The zero-order chi connectivity index (χ0) is 20.9. The first-order chi connectivity index (χ1) is 14.3. The number of carboxylic acids is 1. The lowest BCUT2D eigenvalue weighted by molar-refractivity contribution is -0.385. The van der Waals surface area contributed by atoms with Crippen LogP contribution < -0.4 is 9.61 Å². The third kappa shape index (κ3) is 2.21. The minimum Gasteiger partial charge on any atom is -0.481 e. The minimum absolute atomic E-state index is 0.0897. The second-order valence-corrected chi connectivity index (χ2v) is 10.4. The van der Waals surface area contributed by atoms with Crippen LogP contribution in [0.15, 0.2) is 28.0 Å². The summed E-state index contributed by atoms with van der Waals surface area (Å²) < 4.78 is 5.63. The molecular formula is C19H14N2O7S2. The smallest absolute Gasteiger partial charge is 0.315 e. The Bertz CT molecular complexity index is 1200. The highest BCUT2D eigenvalue weighted by atomic mass is 32.2.